The maximum absolute atomic E-state index is 11.4. The summed E-state index contributed by atoms with van der Waals surface area (Å²) >= 11 is 0. The molecule has 3 rings (SSSR count). The van der Waals surface area contributed by atoms with Crippen LogP contribution in [0.2, 0.25) is 0 Å². The third-order valence-electron chi connectivity index (χ3n) is 5.73. The molecule has 5 nitrogen and oxygen atoms in total. The zero-order chi connectivity index (χ0) is 18.2. The highest BCUT2D eigenvalue weighted by Gasteiger charge is 2.51. The summed E-state index contributed by atoms with van der Waals surface area (Å²) in [6, 6.07) is 8.50. The minimum Gasteiger partial charge on any atom is -0.399 e. The molecular weight excluding hydrogens is 314 g/mol. The van der Waals surface area contributed by atoms with Crippen LogP contribution < -0.4 is 5.46 Å². The summed E-state index contributed by atoms with van der Waals surface area (Å²) in [6.45, 7) is 12.7. The minimum absolute atomic E-state index is 0.173. The largest absolute Gasteiger partial charge is 0.494 e. The van der Waals surface area contributed by atoms with Gasteiger partial charge in [0, 0.05) is 32.7 Å². The molecule has 0 saturated carbocycles. The molecule has 2 aliphatic rings. The predicted molar refractivity (Wildman–Crippen MR) is 103 cm³/mol. The lowest BCUT2D eigenvalue weighted by Crippen LogP contribution is -2.48. The van der Waals surface area contributed by atoms with Crippen LogP contribution in [0.1, 0.15) is 33.3 Å². The third kappa shape index (κ3) is 3.94. The molecule has 2 heterocycles. The Morgan fingerprint density at radius 2 is 1.56 bits per heavy atom. The van der Waals surface area contributed by atoms with Gasteiger partial charge in [0.1, 0.15) is 0 Å². The number of hydrogen-bond acceptors (Lipinski definition) is 4. The van der Waals surface area contributed by atoms with Gasteiger partial charge in [0.15, 0.2) is 5.81 Å². The maximum atomic E-state index is 11.4. The molecule has 2 saturated heterocycles. The highest BCUT2D eigenvalue weighted by Crippen LogP contribution is 2.36. The van der Waals surface area contributed by atoms with Crippen molar-refractivity contribution in [3.63, 3.8) is 0 Å². The van der Waals surface area contributed by atoms with Crippen molar-refractivity contribution in [2.45, 2.75) is 45.4 Å². The van der Waals surface area contributed by atoms with Gasteiger partial charge >= 0.3 is 7.12 Å². The van der Waals surface area contributed by atoms with Gasteiger partial charge in [0.25, 0.3) is 0 Å². The summed E-state index contributed by atoms with van der Waals surface area (Å²) in [5.74, 6) is 0.173. The first-order valence-corrected chi connectivity index (χ1v) is 9.10. The molecule has 0 atom stereocenters. The molecule has 0 spiro atoms. The molecule has 7 heteroatoms. The van der Waals surface area contributed by atoms with E-state index in [2.05, 4.69) is 56.9 Å². The Bertz CT molecular complexity index is 610. The summed E-state index contributed by atoms with van der Waals surface area (Å²) in [4.78, 5) is 15.7. The second kappa shape index (κ2) is 6.78. The number of rotatable bonds is 3. The van der Waals surface area contributed by atoms with Gasteiger partial charge in [0.2, 0.25) is 7.85 Å². The topological polar surface area (TPSA) is 42.0 Å². The van der Waals surface area contributed by atoms with Gasteiger partial charge in [-0.05, 0) is 38.7 Å². The quantitative estimate of drug-likeness (QED) is 0.765. The summed E-state index contributed by atoms with van der Waals surface area (Å²) in [5, 5.41) is 0. The zero-order valence-corrected chi connectivity index (χ0v) is 16.0. The third-order valence-corrected chi connectivity index (χ3v) is 5.73. The normalized spacial score (nSPS) is 23.0. The Hall–Kier alpha value is -1.30. The van der Waals surface area contributed by atoms with Gasteiger partial charge in [-0.2, -0.15) is 0 Å². The number of hydrogen-bond donors (Lipinski definition) is 0. The fourth-order valence-corrected chi connectivity index (χ4v) is 3.24. The van der Waals surface area contributed by atoms with E-state index in [1.807, 2.05) is 4.90 Å². The predicted octanol–water partition coefficient (Wildman–Crippen LogP) is 0.856. The van der Waals surface area contributed by atoms with E-state index in [1.54, 1.807) is 7.85 Å². The Balaban J connectivity index is 1.58. The highest BCUT2D eigenvalue weighted by atomic mass is 16.7. The van der Waals surface area contributed by atoms with Crippen molar-refractivity contribution in [2.24, 2.45) is 0 Å². The number of benzene rings is 1. The molecule has 0 aliphatic carbocycles. The van der Waals surface area contributed by atoms with Crippen LogP contribution >= 0.6 is 0 Å². The SMILES string of the molecule is BC(=O)N1CCN(Cc2ccc(B3OC(C)(C)C(C)(C)O3)cc2)CC1. The number of nitrogens with zero attached hydrogens (tertiary/aromatic N) is 2. The maximum Gasteiger partial charge on any atom is 0.494 e. The first-order valence-electron chi connectivity index (χ1n) is 9.10. The molecule has 0 unspecified atom stereocenters. The fraction of sp³-hybridized carbons (Fsp3) is 0.611. The van der Waals surface area contributed by atoms with E-state index in [9.17, 15) is 4.79 Å². The van der Waals surface area contributed by atoms with Crippen molar-refractivity contribution < 1.29 is 14.1 Å². The van der Waals surface area contributed by atoms with Crippen LogP contribution in [0.5, 0.6) is 0 Å². The van der Waals surface area contributed by atoms with Crippen LogP contribution in [0.4, 0.5) is 4.79 Å². The van der Waals surface area contributed by atoms with Crippen LogP contribution in [-0.2, 0) is 15.9 Å². The Kier molecular flexibility index (Phi) is 5.02. The van der Waals surface area contributed by atoms with Gasteiger partial charge in [0.05, 0.1) is 11.2 Å². The van der Waals surface area contributed by atoms with E-state index in [0.717, 1.165) is 38.2 Å². The van der Waals surface area contributed by atoms with Crippen LogP contribution in [0.25, 0.3) is 0 Å². The summed E-state index contributed by atoms with van der Waals surface area (Å²) in [7, 11) is 1.34. The first kappa shape index (κ1) is 18.5. The summed E-state index contributed by atoms with van der Waals surface area (Å²) < 4.78 is 12.2. The average Bonchev–Trinajstić information content (AvgIpc) is 2.76. The number of amides is 1. The first-order chi connectivity index (χ1) is 11.7. The van der Waals surface area contributed by atoms with E-state index in [-0.39, 0.29) is 24.1 Å². The Morgan fingerprint density at radius 1 is 1.04 bits per heavy atom. The molecule has 0 radical (unpaired) electrons. The standard InChI is InChI=1S/C18H28B2N2O3/c1-17(2)18(3,4)25-20(24-17)15-7-5-14(6-8-15)13-21-9-11-22(12-10-21)16(19)23/h5-8H,9-13,19H2,1-4H3. The van der Waals surface area contributed by atoms with Crippen molar-refractivity contribution in [3.05, 3.63) is 29.8 Å². The number of carbonyl (C=O) groups is 1. The molecule has 25 heavy (non-hydrogen) atoms. The fourth-order valence-electron chi connectivity index (χ4n) is 3.24. The Labute approximate surface area is 152 Å². The van der Waals surface area contributed by atoms with E-state index in [0.29, 0.717) is 0 Å². The highest BCUT2D eigenvalue weighted by molar-refractivity contribution is 6.62. The lowest BCUT2D eigenvalue weighted by Gasteiger charge is -2.34. The molecule has 1 aromatic rings. The molecule has 134 valence electrons. The van der Waals surface area contributed by atoms with Crippen LogP contribution in [0, 0.1) is 0 Å². The second-order valence-corrected chi connectivity index (χ2v) is 8.11. The molecule has 1 amide bonds. The summed E-state index contributed by atoms with van der Waals surface area (Å²) in [6.07, 6.45) is 0. The van der Waals surface area contributed by atoms with Crippen LogP contribution in [0.3, 0.4) is 0 Å². The van der Waals surface area contributed by atoms with E-state index < -0.39 is 0 Å². The average molecular weight is 342 g/mol. The van der Waals surface area contributed by atoms with Gasteiger partial charge < -0.3 is 14.2 Å². The van der Waals surface area contributed by atoms with Gasteiger partial charge in [-0.3, -0.25) is 9.69 Å². The van der Waals surface area contributed by atoms with Gasteiger partial charge in [-0.1, -0.05) is 24.3 Å². The zero-order valence-electron chi connectivity index (χ0n) is 16.0. The molecule has 0 bridgehead atoms. The van der Waals surface area contributed by atoms with Crippen molar-refractivity contribution >= 4 is 26.2 Å². The molecule has 0 N–H and O–H groups in total. The van der Waals surface area contributed by atoms with Crippen LogP contribution in [0.15, 0.2) is 24.3 Å². The van der Waals surface area contributed by atoms with Gasteiger partial charge in [-0.25, -0.2) is 0 Å². The molecule has 2 fully saturated rings. The second-order valence-electron chi connectivity index (χ2n) is 8.11. The van der Waals surface area contributed by atoms with Gasteiger partial charge in [-0.15, -0.1) is 0 Å². The van der Waals surface area contributed by atoms with Crippen molar-refractivity contribution in [3.8, 4) is 0 Å². The lowest BCUT2D eigenvalue weighted by molar-refractivity contribution is 0.00578. The van der Waals surface area contributed by atoms with E-state index in [4.69, 9.17) is 9.31 Å². The van der Waals surface area contributed by atoms with Crippen molar-refractivity contribution in [1.29, 1.82) is 0 Å². The van der Waals surface area contributed by atoms with E-state index in [1.165, 1.54) is 5.56 Å². The number of piperazine rings is 1. The molecule has 2 aliphatic heterocycles. The van der Waals surface area contributed by atoms with E-state index >= 15 is 0 Å². The van der Waals surface area contributed by atoms with Crippen molar-refractivity contribution in [2.75, 3.05) is 26.2 Å². The molecular formula is C18H28B2N2O3. The smallest absolute Gasteiger partial charge is 0.399 e. The minimum atomic E-state index is -0.313. The monoisotopic (exact) mass is 342 g/mol. The summed E-state index contributed by atoms with van der Waals surface area (Å²) in [5.41, 5.74) is 1.71. The molecule has 1 aromatic carbocycles. The van der Waals surface area contributed by atoms with Crippen molar-refractivity contribution in [1.82, 2.24) is 9.80 Å². The van der Waals surface area contributed by atoms with Crippen LogP contribution in [-0.4, -0.2) is 68.0 Å². The molecule has 0 aromatic heterocycles. The number of carbonyl (C=O) groups excluding carboxylic acids is 1. The lowest BCUT2D eigenvalue weighted by atomic mass is 9.79. The Morgan fingerprint density at radius 3 is 2.04 bits per heavy atom.